The predicted molar refractivity (Wildman–Crippen MR) is 59.3 cm³/mol. The van der Waals surface area contributed by atoms with Crippen molar-refractivity contribution in [3.8, 4) is 0 Å². The van der Waals surface area contributed by atoms with E-state index >= 15 is 0 Å². The Balaban J connectivity index is 2.45. The van der Waals surface area contributed by atoms with Crippen molar-refractivity contribution in [1.29, 1.82) is 0 Å². The highest BCUT2D eigenvalue weighted by Gasteiger charge is 2.02. The lowest BCUT2D eigenvalue weighted by Crippen LogP contribution is -2.15. The van der Waals surface area contributed by atoms with Gasteiger partial charge in [0.2, 0.25) is 0 Å². The van der Waals surface area contributed by atoms with Gasteiger partial charge in [-0.25, -0.2) is 4.79 Å². The van der Waals surface area contributed by atoms with Gasteiger partial charge in [0.25, 0.3) is 0 Å². The summed E-state index contributed by atoms with van der Waals surface area (Å²) in [5.41, 5.74) is 1.61. The minimum atomic E-state index is -0.594. The molecule has 1 aromatic rings. The van der Waals surface area contributed by atoms with Crippen LogP contribution in [0.2, 0.25) is 0 Å². The number of carbonyl (C=O) groups is 1. The molecule has 0 bridgehead atoms. The van der Waals surface area contributed by atoms with Crippen LogP contribution in [-0.4, -0.2) is 36.1 Å². The van der Waals surface area contributed by atoms with E-state index in [0.29, 0.717) is 12.1 Å². The van der Waals surface area contributed by atoms with Gasteiger partial charge >= 0.3 is 6.09 Å². The number of amides is 1. The molecule has 0 aromatic heterocycles. The summed E-state index contributed by atoms with van der Waals surface area (Å²) < 4.78 is 4.63. The minimum absolute atomic E-state index is 0.0194. The number of benzene rings is 1. The van der Waals surface area contributed by atoms with Gasteiger partial charge in [0.1, 0.15) is 6.61 Å². The van der Waals surface area contributed by atoms with Gasteiger partial charge in [-0.05, 0) is 24.1 Å². The van der Waals surface area contributed by atoms with Crippen LogP contribution in [0.15, 0.2) is 24.3 Å². The summed E-state index contributed by atoms with van der Waals surface area (Å²) in [6.45, 7) is -0.109. The van der Waals surface area contributed by atoms with Crippen LogP contribution >= 0.6 is 0 Å². The number of anilines is 1. The Labute approximate surface area is 93.7 Å². The molecule has 0 aliphatic carbocycles. The number of aliphatic hydroxyl groups is 2. The highest BCUT2D eigenvalue weighted by atomic mass is 16.6. The summed E-state index contributed by atoms with van der Waals surface area (Å²) in [6.07, 6.45) is -0.00106. The van der Waals surface area contributed by atoms with Crippen LogP contribution in [0, 0.1) is 0 Å². The number of hydrogen-bond donors (Lipinski definition) is 3. The van der Waals surface area contributed by atoms with Gasteiger partial charge < -0.3 is 14.9 Å². The molecule has 16 heavy (non-hydrogen) atoms. The lowest BCUT2D eigenvalue weighted by Gasteiger charge is -2.06. The Morgan fingerprint density at radius 2 is 1.88 bits per heavy atom. The van der Waals surface area contributed by atoms with E-state index in [1.165, 1.54) is 0 Å². The number of ether oxygens (including phenoxy) is 1. The molecule has 0 radical (unpaired) electrons. The van der Waals surface area contributed by atoms with Gasteiger partial charge in [0.05, 0.1) is 6.61 Å². The fraction of sp³-hybridized carbons (Fsp3) is 0.364. The first-order valence-corrected chi connectivity index (χ1v) is 5.00. The van der Waals surface area contributed by atoms with Crippen molar-refractivity contribution in [1.82, 2.24) is 0 Å². The summed E-state index contributed by atoms with van der Waals surface area (Å²) in [5, 5.41) is 19.7. The third-order valence-electron chi connectivity index (χ3n) is 1.93. The number of aliphatic hydroxyl groups excluding tert-OH is 2. The molecule has 0 unspecified atom stereocenters. The maximum absolute atomic E-state index is 11.1. The highest BCUT2D eigenvalue weighted by molar-refractivity contribution is 5.84. The molecule has 0 aliphatic rings. The Morgan fingerprint density at radius 3 is 2.44 bits per heavy atom. The van der Waals surface area contributed by atoms with Gasteiger partial charge in [-0.15, -0.1) is 0 Å². The monoisotopic (exact) mass is 225 g/mol. The lowest BCUT2D eigenvalue weighted by molar-refractivity contribution is 0.131. The van der Waals surface area contributed by atoms with Crippen LogP contribution in [-0.2, 0) is 11.2 Å². The Bertz CT molecular complexity index is 323. The normalized spacial score (nSPS) is 9.88. The molecule has 0 saturated heterocycles. The molecular formula is C11H15NO4. The van der Waals surface area contributed by atoms with Crippen LogP contribution in [0.3, 0.4) is 0 Å². The first-order chi connectivity index (χ1) is 7.76. The van der Waals surface area contributed by atoms with Crippen LogP contribution in [0.4, 0.5) is 10.5 Å². The minimum Gasteiger partial charge on any atom is -0.447 e. The third-order valence-corrected chi connectivity index (χ3v) is 1.93. The second-order valence-corrected chi connectivity index (χ2v) is 3.16. The van der Waals surface area contributed by atoms with Gasteiger partial charge in [-0.1, -0.05) is 12.1 Å². The summed E-state index contributed by atoms with van der Waals surface area (Å²) >= 11 is 0. The van der Waals surface area contributed by atoms with E-state index in [1.54, 1.807) is 12.1 Å². The zero-order chi connectivity index (χ0) is 11.8. The molecule has 5 heteroatoms. The molecule has 88 valence electrons. The highest BCUT2D eigenvalue weighted by Crippen LogP contribution is 2.10. The standard InChI is InChI=1S/C11H15NO4/c13-6-5-9-1-3-10(4-2-9)12-11(15)16-8-7-14/h1-4,13-14H,5-8H2,(H,12,15). The Kier molecular flexibility index (Phi) is 5.31. The predicted octanol–water partition coefficient (Wildman–Crippen LogP) is 0.762. The van der Waals surface area contributed by atoms with E-state index in [9.17, 15) is 4.79 Å². The fourth-order valence-electron chi connectivity index (χ4n) is 1.18. The quantitative estimate of drug-likeness (QED) is 0.691. The first-order valence-electron chi connectivity index (χ1n) is 5.00. The zero-order valence-electron chi connectivity index (χ0n) is 8.85. The van der Waals surface area contributed by atoms with E-state index in [1.807, 2.05) is 12.1 Å². The molecule has 0 aliphatic heterocycles. The maximum atomic E-state index is 11.1. The summed E-state index contributed by atoms with van der Waals surface area (Å²) in [5.74, 6) is 0. The van der Waals surface area contributed by atoms with E-state index in [4.69, 9.17) is 10.2 Å². The topological polar surface area (TPSA) is 78.8 Å². The van der Waals surface area contributed by atoms with Crippen LogP contribution in [0.25, 0.3) is 0 Å². The lowest BCUT2D eigenvalue weighted by atomic mass is 10.1. The molecule has 0 saturated carbocycles. The number of hydrogen-bond acceptors (Lipinski definition) is 4. The Morgan fingerprint density at radius 1 is 1.19 bits per heavy atom. The average Bonchev–Trinajstić information content (AvgIpc) is 2.29. The Hall–Kier alpha value is -1.59. The van der Waals surface area contributed by atoms with E-state index in [2.05, 4.69) is 10.1 Å². The van der Waals surface area contributed by atoms with Gasteiger partial charge in [0.15, 0.2) is 0 Å². The van der Waals surface area contributed by atoms with Crippen molar-refractivity contribution in [2.75, 3.05) is 25.1 Å². The van der Waals surface area contributed by atoms with Crippen molar-refractivity contribution in [2.24, 2.45) is 0 Å². The van der Waals surface area contributed by atoms with Gasteiger partial charge in [-0.2, -0.15) is 0 Å². The number of carbonyl (C=O) groups excluding carboxylic acids is 1. The van der Waals surface area contributed by atoms with Crippen LogP contribution in [0.5, 0.6) is 0 Å². The van der Waals surface area contributed by atoms with Gasteiger partial charge in [0, 0.05) is 12.3 Å². The molecule has 0 heterocycles. The van der Waals surface area contributed by atoms with Crippen molar-refractivity contribution in [2.45, 2.75) is 6.42 Å². The van der Waals surface area contributed by atoms with Crippen molar-refractivity contribution >= 4 is 11.8 Å². The van der Waals surface area contributed by atoms with Crippen molar-refractivity contribution in [3.05, 3.63) is 29.8 Å². The van der Waals surface area contributed by atoms with E-state index in [-0.39, 0.29) is 19.8 Å². The molecule has 1 aromatic carbocycles. The number of rotatable bonds is 5. The number of nitrogens with one attached hydrogen (secondary N) is 1. The molecule has 1 rings (SSSR count). The summed E-state index contributed by atoms with van der Waals surface area (Å²) in [4.78, 5) is 11.1. The SMILES string of the molecule is O=C(Nc1ccc(CCO)cc1)OCCO. The molecule has 3 N–H and O–H groups in total. The molecular weight excluding hydrogens is 210 g/mol. The van der Waals surface area contributed by atoms with E-state index < -0.39 is 6.09 Å². The second-order valence-electron chi connectivity index (χ2n) is 3.16. The third kappa shape index (κ3) is 4.29. The largest absolute Gasteiger partial charge is 0.447 e. The fourth-order valence-corrected chi connectivity index (χ4v) is 1.18. The van der Waals surface area contributed by atoms with Crippen LogP contribution in [0.1, 0.15) is 5.56 Å². The summed E-state index contributed by atoms with van der Waals surface area (Å²) in [7, 11) is 0. The van der Waals surface area contributed by atoms with Crippen molar-refractivity contribution < 1.29 is 19.7 Å². The van der Waals surface area contributed by atoms with Gasteiger partial charge in [-0.3, -0.25) is 5.32 Å². The smallest absolute Gasteiger partial charge is 0.411 e. The molecule has 0 fully saturated rings. The molecule has 1 amide bonds. The maximum Gasteiger partial charge on any atom is 0.411 e. The molecule has 5 nitrogen and oxygen atoms in total. The summed E-state index contributed by atoms with van der Waals surface area (Å²) in [6, 6.07) is 7.09. The van der Waals surface area contributed by atoms with E-state index in [0.717, 1.165) is 5.56 Å². The average molecular weight is 225 g/mol. The van der Waals surface area contributed by atoms with Crippen molar-refractivity contribution in [3.63, 3.8) is 0 Å². The molecule has 0 spiro atoms. The van der Waals surface area contributed by atoms with Crippen LogP contribution < -0.4 is 5.32 Å². The second kappa shape index (κ2) is 6.81. The molecule has 0 atom stereocenters. The zero-order valence-corrected chi connectivity index (χ0v) is 8.85. The first kappa shape index (κ1) is 12.5.